The van der Waals surface area contributed by atoms with E-state index >= 15 is 0 Å². The maximum absolute atomic E-state index is 5.29. The minimum Gasteiger partial charge on any atom is -0.496 e. The van der Waals surface area contributed by atoms with Crippen molar-refractivity contribution in [2.45, 2.75) is 6.54 Å². The minimum atomic E-state index is 0.643. The smallest absolute Gasteiger partial charge is 0.123 e. The molecular weight excluding hydrogens is 351 g/mol. The van der Waals surface area contributed by atoms with Crippen LogP contribution in [0, 0.1) is 3.57 Å². The second-order valence-electron chi connectivity index (χ2n) is 3.93. The van der Waals surface area contributed by atoms with Gasteiger partial charge in [-0.25, -0.2) is 0 Å². The van der Waals surface area contributed by atoms with E-state index in [9.17, 15) is 0 Å². The lowest BCUT2D eigenvalue weighted by atomic mass is 10.2. The van der Waals surface area contributed by atoms with Gasteiger partial charge in [0.2, 0.25) is 0 Å². The average molecular weight is 366 g/mol. The number of nitrogens with one attached hydrogen (secondary N) is 1. The number of nitrogens with zero attached hydrogens (tertiary/aromatic N) is 1. The molecule has 0 saturated heterocycles. The van der Waals surface area contributed by atoms with Gasteiger partial charge >= 0.3 is 0 Å². The summed E-state index contributed by atoms with van der Waals surface area (Å²) in [5.41, 5.74) is 5.23. The second-order valence-corrected chi connectivity index (χ2v) is 5.09. The molecule has 19 heavy (non-hydrogen) atoms. The number of para-hydroxylation sites is 1. The molecule has 0 atom stereocenters. The van der Waals surface area contributed by atoms with Crippen molar-refractivity contribution in [1.29, 1.82) is 0 Å². The molecule has 0 fully saturated rings. The van der Waals surface area contributed by atoms with Gasteiger partial charge in [0.05, 0.1) is 19.9 Å². The first-order chi connectivity index (χ1) is 9.31. The summed E-state index contributed by atoms with van der Waals surface area (Å²) in [5, 5.41) is 4.24. The van der Waals surface area contributed by atoms with Crippen LogP contribution < -0.4 is 10.2 Å². The van der Waals surface area contributed by atoms with Gasteiger partial charge in [0.15, 0.2) is 0 Å². The molecule has 0 aliphatic carbocycles. The van der Waals surface area contributed by atoms with Gasteiger partial charge in [0.1, 0.15) is 5.75 Å². The molecule has 0 unspecified atom stereocenters. The van der Waals surface area contributed by atoms with E-state index in [1.807, 2.05) is 48.7 Å². The lowest BCUT2D eigenvalue weighted by molar-refractivity contribution is 0.408. The van der Waals surface area contributed by atoms with Gasteiger partial charge in [-0.05, 0) is 34.7 Å². The Bertz CT molecular complexity index is 570. The zero-order valence-electron chi connectivity index (χ0n) is 10.6. The maximum Gasteiger partial charge on any atom is 0.123 e. The molecule has 0 aliphatic rings. The van der Waals surface area contributed by atoms with E-state index in [0.29, 0.717) is 6.54 Å². The molecule has 2 aromatic rings. The van der Waals surface area contributed by atoms with Crippen LogP contribution in [0.5, 0.6) is 5.75 Å². The van der Waals surface area contributed by atoms with Crippen molar-refractivity contribution in [1.82, 2.24) is 5.43 Å². The fourth-order valence-electron chi connectivity index (χ4n) is 1.67. The third-order valence-electron chi connectivity index (χ3n) is 2.66. The molecule has 0 heterocycles. The predicted octanol–water partition coefficient (Wildman–Crippen LogP) is 3.42. The van der Waals surface area contributed by atoms with E-state index < -0.39 is 0 Å². The summed E-state index contributed by atoms with van der Waals surface area (Å²) in [6, 6.07) is 16.0. The topological polar surface area (TPSA) is 33.6 Å². The molecule has 0 spiro atoms. The molecule has 0 amide bonds. The average Bonchev–Trinajstić information content (AvgIpc) is 2.45. The Hall–Kier alpha value is -1.56. The molecule has 0 aliphatic heterocycles. The molecule has 98 valence electrons. The van der Waals surface area contributed by atoms with E-state index in [0.717, 1.165) is 16.9 Å². The van der Waals surface area contributed by atoms with Crippen molar-refractivity contribution >= 4 is 28.8 Å². The van der Waals surface area contributed by atoms with Crippen molar-refractivity contribution < 1.29 is 4.74 Å². The number of hydrogen-bond donors (Lipinski definition) is 1. The molecule has 0 bridgehead atoms. The largest absolute Gasteiger partial charge is 0.496 e. The van der Waals surface area contributed by atoms with E-state index in [1.54, 1.807) is 7.11 Å². The van der Waals surface area contributed by atoms with Crippen molar-refractivity contribution in [3.05, 3.63) is 63.2 Å². The Kier molecular flexibility index (Phi) is 5.20. The third-order valence-corrected chi connectivity index (χ3v) is 3.64. The van der Waals surface area contributed by atoms with E-state index in [2.05, 4.69) is 39.2 Å². The Morgan fingerprint density at radius 2 is 1.89 bits per heavy atom. The summed E-state index contributed by atoms with van der Waals surface area (Å²) in [7, 11) is 1.68. The Morgan fingerprint density at radius 3 is 2.68 bits per heavy atom. The van der Waals surface area contributed by atoms with Crippen LogP contribution in [0.2, 0.25) is 0 Å². The van der Waals surface area contributed by atoms with Crippen LogP contribution in [0.25, 0.3) is 0 Å². The van der Waals surface area contributed by atoms with Crippen LogP contribution in [0.1, 0.15) is 11.1 Å². The summed E-state index contributed by atoms with van der Waals surface area (Å²) >= 11 is 2.30. The highest BCUT2D eigenvalue weighted by Crippen LogP contribution is 2.16. The highest BCUT2D eigenvalue weighted by molar-refractivity contribution is 14.1. The zero-order chi connectivity index (χ0) is 13.5. The number of rotatable bonds is 5. The lowest BCUT2D eigenvalue weighted by Crippen LogP contribution is -2.07. The monoisotopic (exact) mass is 366 g/mol. The molecule has 2 aromatic carbocycles. The maximum atomic E-state index is 5.29. The molecule has 2 rings (SSSR count). The fourth-order valence-corrected chi connectivity index (χ4v) is 2.20. The molecule has 0 saturated carbocycles. The lowest BCUT2D eigenvalue weighted by Gasteiger charge is -2.07. The number of halogens is 1. The van der Waals surface area contributed by atoms with Gasteiger partial charge in [-0.3, -0.25) is 0 Å². The first kappa shape index (κ1) is 13.9. The van der Waals surface area contributed by atoms with E-state index in [-0.39, 0.29) is 0 Å². The Morgan fingerprint density at radius 1 is 1.16 bits per heavy atom. The number of ether oxygens (including phenoxy) is 1. The number of benzene rings is 2. The van der Waals surface area contributed by atoms with Crippen molar-refractivity contribution in [2.75, 3.05) is 7.11 Å². The molecular formula is C15H15IN2O. The predicted molar refractivity (Wildman–Crippen MR) is 86.6 cm³/mol. The van der Waals surface area contributed by atoms with Crippen LogP contribution >= 0.6 is 22.6 Å². The van der Waals surface area contributed by atoms with Crippen molar-refractivity contribution in [2.24, 2.45) is 5.10 Å². The summed E-state index contributed by atoms with van der Waals surface area (Å²) in [4.78, 5) is 0. The molecule has 1 N–H and O–H groups in total. The summed E-state index contributed by atoms with van der Waals surface area (Å²) < 4.78 is 6.47. The van der Waals surface area contributed by atoms with Crippen LogP contribution in [0.15, 0.2) is 53.6 Å². The number of methoxy groups -OCH3 is 1. The van der Waals surface area contributed by atoms with Gasteiger partial charge in [-0.1, -0.05) is 36.4 Å². The molecule has 3 nitrogen and oxygen atoms in total. The minimum absolute atomic E-state index is 0.643. The summed E-state index contributed by atoms with van der Waals surface area (Å²) in [6.07, 6.45) is 1.83. The molecule has 0 aromatic heterocycles. The normalized spacial score (nSPS) is 10.6. The molecule has 0 radical (unpaired) electrons. The van der Waals surface area contributed by atoms with Crippen LogP contribution in [-0.2, 0) is 6.54 Å². The Balaban J connectivity index is 1.95. The first-order valence-electron chi connectivity index (χ1n) is 5.93. The van der Waals surface area contributed by atoms with Gasteiger partial charge in [-0.2, -0.15) is 5.10 Å². The summed E-state index contributed by atoms with van der Waals surface area (Å²) in [5.74, 6) is 0.875. The van der Waals surface area contributed by atoms with Crippen LogP contribution in [0.3, 0.4) is 0 Å². The third kappa shape index (κ3) is 3.96. The number of hydrazone groups is 1. The van der Waals surface area contributed by atoms with Crippen LogP contribution in [0.4, 0.5) is 0 Å². The van der Waals surface area contributed by atoms with Gasteiger partial charge in [0.25, 0.3) is 0 Å². The molecule has 4 heteroatoms. The zero-order valence-corrected chi connectivity index (χ0v) is 12.8. The summed E-state index contributed by atoms with van der Waals surface area (Å²) in [6.45, 7) is 0.643. The van der Waals surface area contributed by atoms with E-state index in [1.165, 1.54) is 3.57 Å². The highest BCUT2D eigenvalue weighted by atomic mass is 127. The van der Waals surface area contributed by atoms with Gasteiger partial charge in [-0.15, -0.1) is 0 Å². The highest BCUT2D eigenvalue weighted by Gasteiger charge is 1.99. The Labute approximate surface area is 126 Å². The fraction of sp³-hybridized carbons (Fsp3) is 0.133. The van der Waals surface area contributed by atoms with Crippen molar-refractivity contribution in [3.8, 4) is 5.75 Å². The second kappa shape index (κ2) is 7.13. The van der Waals surface area contributed by atoms with Crippen molar-refractivity contribution in [3.63, 3.8) is 0 Å². The van der Waals surface area contributed by atoms with E-state index in [4.69, 9.17) is 4.74 Å². The quantitative estimate of drug-likeness (QED) is 0.500. The van der Waals surface area contributed by atoms with Crippen LogP contribution in [-0.4, -0.2) is 13.3 Å². The SMILES string of the molecule is COc1ccccc1CN/N=C\c1ccccc1I. The standard InChI is InChI=1S/C15H15IN2O/c1-19-15-9-5-3-7-13(15)11-18-17-10-12-6-2-4-8-14(12)16/h2-10,18H,11H2,1H3/b17-10-. The van der Waals surface area contributed by atoms with Gasteiger partial charge in [0, 0.05) is 14.7 Å². The van der Waals surface area contributed by atoms with Gasteiger partial charge < -0.3 is 10.2 Å². The first-order valence-corrected chi connectivity index (χ1v) is 7.01. The number of hydrogen-bond acceptors (Lipinski definition) is 3.